The summed E-state index contributed by atoms with van der Waals surface area (Å²) >= 11 is 0. The molecule has 0 fully saturated rings. The minimum absolute atomic E-state index is 0.488. The standard InChI is InChI=1S/C25H29NO/c1-20-8-6-7-11-24(20)19-27-25-16-14-23(15-17-25)18-26-21(2)12-13-22-9-4-3-5-10-22/h3-11,14-17,21,26H,12-13,18-19H2,1-2H3/t21-/m0/s1. The van der Waals surface area contributed by atoms with Gasteiger partial charge in [0.1, 0.15) is 12.4 Å². The van der Waals surface area contributed by atoms with Crippen LogP contribution >= 0.6 is 0 Å². The van der Waals surface area contributed by atoms with E-state index in [2.05, 4.69) is 98.0 Å². The second kappa shape index (κ2) is 9.94. The van der Waals surface area contributed by atoms with Crippen molar-refractivity contribution >= 4 is 0 Å². The summed E-state index contributed by atoms with van der Waals surface area (Å²) in [6, 6.07) is 27.9. The van der Waals surface area contributed by atoms with Crippen molar-refractivity contribution in [1.29, 1.82) is 0 Å². The molecule has 0 radical (unpaired) electrons. The van der Waals surface area contributed by atoms with E-state index in [1.54, 1.807) is 0 Å². The number of rotatable bonds is 9. The van der Waals surface area contributed by atoms with Crippen LogP contribution in [0.5, 0.6) is 5.75 Å². The van der Waals surface area contributed by atoms with Gasteiger partial charge in [-0.1, -0.05) is 66.7 Å². The van der Waals surface area contributed by atoms with Crippen LogP contribution in [0.4, 0.5) is 0 Å². The summed E-state index contributed by atoms with van der Waals surface area (Å²) in [4.78, 5) is 0. The molecule has 0 aliphatic heterocycles. The largest absolute Gasteiger partial charge is 0.489 e. The number of benzene rings is 3. The number of hydrogen-bond acceptors (Lipinski definition) is 2. The van der Waals surface area contributed by atoms with Gasteiger partial charge < -0.3 is 10.1 Å². The summed E-state index contributed by atoms with van der Waals surface area (Å²) in [5.74, 6) is 0.916. The molecule has 0 saturated carbocycles. The van der Waals surface area contributed by atoms with Crippen LogP contribution in [0.1, 0.15) is 35.6 Å². The Balaban J connectivity index is 1.41. The molecule has 27 heavy (non-hydrogen) atoms. The highest BCUT2D eigenvalue weighted by atomic mass is 16.5. The first-order valence-electron chi connectivity index (χ1n) is 9.74. The quantitative estimate of drug-likeness (QED) is 0.530. The Morgan fingerprint density at radius 2 is 1.52 bits per heavy atom. The first-order chi connectivity index (χ1) is 13.2. The average Bonchev–Trinajstić information content (AvgIpc) is 2.72. The van der Waals surface area contributed by atoms with Crippen LogP contribution in [0, 0.1) is 6.92 Å². The van der Waals surface area contributed by atoms with E-state index in [1.807, 2.05) is 0 Å². The molecule has 3 aromatic rings. The third kappa shape index (κ3) is 6.26. The van der Waals surface area contributed by atoms with Gasteiger partial charge in [0, 0.05) is 12.6 Å². The van der Waals surface area contributed by atoms with E-state index < -0.39 is 0 Å². The third-order valence-electron chi connectivity index (χ3n) is 4.94. The fraction of sp³-hybridized carbons (Fsp3) is 0.280. The summed E-state index contributed by atoms with van der Waals surface area (Å²) in [6.07, 6.45) is 2.25. The van der Waals surface area contributed by atoms with E-state index >= 15 is 0 Å². The summed E-state index contributed by atoms with van der Waals surface area (Å²) in [7, 11) is 0. The normalized spacial score (nSPS) is 11.9. The fourth-order valence-electron chi connectivity index (χ4n) is 3.06. The molecule has 0 aromatic heterocycles. The van der Waals surface area contributed by atoms with Crippen molar-refractivity contribution in [2.45, 2.75) is 45.9 Å². The van der Waals surface area contributed by atoms with E-state index in [0.717, 1.165) is 25.1 Å². The maximum atomic E-state index is 5.92. The topological polar surface area (TPSA) is 21.3 Å². The minimum atomic E-state index is 0.488. The second-order valence-corrected chi connectivity index (χ2v) is 7.17. The molecular formula is C25H29NO. The van der Waals surface area contributed by atoms with E-state index in [-0.39, 0.29) is 0 Å². The number of aryl methyl sites for hydroxylation is 2. The van der Waals surface area contributed by atoms with Gasteiger partial charge in [0.15, 0.2) is 0 Å². The lowest BCUT2D eigenvalue weighted by Gasteiger charge is -2.14. The Morgan fingerprint density at radius 1 is 0.815 bits per heavy atom. The Morgan fingerprint density at radius 3 is 2.26 bits per heavy atom. The average molecular weight is 360 g/mol. The van der Waals surface area contributed by atoms with Crippen molar-refractivity contribution in [3.8, 4) is 5.75 Å². The Bertz CT molecular complexity index is 811. The summed E-state index contributed by atoms with van der Waals surface area (Å²) in [5, 5.41) is 3.61. The van der Waals surface area contributed by atoms with E-state index in [1.165, 1.54) is 22.3 Å². The van der Waals surface area contributed by atoms with Crippen molar-refractivity contribution in [3.05, 3.63) is 101 Å². The molecule has 3 rings (SSSR count). The van der Waals surface area contributed by atoms with Crippen molar-refractivity contribution < 1.29 is 4.74 Å². The molecule has 0 aliphatic carbocycles. The Labute approximate surface area is 163 Å². The lowest BCUT2D eigenvalue weighted by molar-refractivity contribution is 0.305. The molecule has 1 N–H and O–H groups in total. The molecule has 0 saturated heterocycles. The lowest BCUT2D eigenvalue weighted by atomic mass is 10.1. The molecule has 0 spiro atoms. The number of ether oxygens (including phenoxy) is 1. The van der Waals surface area contributed by atoms with Crippen LogP contribution in [0.2, 0.25) is 0 Å². The number of nitrogens with one attached hydrogen (secondary N) is 1. The van der Waals surface area contributed by atoms with Gasteiger partial charge in [0.2, 0.25) is 0 Å². The van der Waals surface area contributed by atoms with Gasteiger partial charge in [-0.15, -0.1) is 0 Å². The second-order valence-electron chi connectivity index (χ2n) is 7.17. The monoisotopic (exact) mass is 359 g/mol. The minimum Gasteiger partial charge on any atom is -0.489 e. The summed E-state index contributed by atoms with van der Waals surface area (Å²) < 4.78 is 5.92. The van der Waals surface area contributed by atoms with Gasteiger partial charge in [-0.05, 0) is 61.1 Å². The van der Waals surface area contributed by atoms with Crippen LogP contribution in [0.25, 0.3) is 0 Å². The van der Waals surface area contributed by atoms with Crippen LogP contribution < -0.4 is 10.1 Å². The zero-order chi connectivity index (χ0) is 18.9. The van der Waals surface area contributed by atoms with Gasteiger partial charge in [-0.3, -0.25) is 0 Å². The highest BCUT2D eigenvalue weighted by Crippen LogP contribution is 2.16. The van der Waals surface area contributed by atoms with E-state index in [4.69, 9.17) is 4.74 Å². The molecular weight excluding hydrogens is 330 g/mol. The summed E-state index contributed by atoms with van der Waals surface area (Å²) in [5.41, 5.74) is 5.18. The van der Waals surface area contributed by atoms with Gasteiger partial charge in [-0.25, -0.2) is 0 Å². The van der Waals surface area contributed by atoms with Crippen LogP contribution in [0.15, 0.2) is 78.9 Å². The third-order valence-corrected chi connectivity index (χ3v) is 4.94. The maximum absolute atomic E-state index is 5.92. The Hall–Kier alpha value is -2.58. The van der Waals surface area contributed by atoms with Crippen molar-refractivity contribution in [3.63, 3.8) is 0 Å². The van der Waals surface area contributed by atoms with Crippen LogP contribution in [0.3, 0.4) is 0 Å². The van der Waals surface area contributed by atoms with Gasteiger partial charge in [0.05, 0.1) is 0 Å². The molecule has 2 heteroatoms. The van der Waals surface area contributed by atoms with E-state index in [0.29, 0.717) is 12.6 Å². The van der Waals surface area contributed by atoms with Crippen molar-refractivity contribution in [2.24, 2.45) is 0 Å². The molecule has 2 nitrogen and oxygen atoms in total. The first kappa shape index (κ1) is 19.2. The smallest absolute Gasteiger partial charge is 0.119 e. The molecule has 0 amide bonds. The predicted molar refractivity (Wildman–Crippen MR) is 113 cm³/mol. The fourth-order valence-corrected chi connectivity index (χ4v) is 3.06. The van der Waals surface area contributed by atoms with Gasteiger partial charge in [-0.2, -0.15) is 0 Å². The molecule has 140 valence electrons. The number of hydrogen-bond donors (Lipinski definition) is 1. The van der Waals surface area contributed by atoms with Crippen LogP contribution in [-0.2, 0) is 19.6 Å². The molecule has 0 bridgehead atoms. The first-order valence-corrected chi connectivity index (χ1v) is 9.74. The molecule has 0 heterocycles. The molecule has 3 aromatic carbocycles. The maximum Gasteiger partial charge on any atom is 0.119 e. The van der Waals surface area contributed by atoms with Gasteiger partial charge in [0.25, 0.3) is 0 Å². The predicted octanol–water partition coefficient (Wildman–Crippen LogP) is 5.68. The molecule has 1 atom stereocenters. The van der Waals surface area contributed by atoms with Crippen molar-refractivity contribution in [1.82, 2.24) is 5.32 Å². The van der Waals surface area contributed by atoms with Crippen molar-refractivity contribution in [2.75, 3.05) is 0 Å². The summed E-state index contributed by atoms with van der Waals surface area (Å²) in [6.45, 7) is 5.86. The SMILES string of the molecule is Cc1ccccc1COc1ccc(CN[C@@H](C)CCc2ccccc2)cc1. The zero-order valence-corrected chi connectivity index (χ0v) is 16.3. The lowest BCUT2D eigenvalue weighted by Crippen LogP contribution is -2.25. The highest BCUT2D eigenvalue weighted by molar-refractivity contribution is 5.29. The Kier molecular flexibility index (Phi) is 7.06. The van der Waals surface area contributed by atoms with E-state index in [9.17, 15) is 0 Å². The molecule has 0 aliphatic rings. The van der Waals surface area contributed by atoms with Gasteiger partial charge >= 0.3 is 0 Å². The zero-order valence-electron chi connectivity index (χ0n) is 16.3. The highest BCUT2D eigenvalue weighted by Gasteiger charge is 2.03. The van der Waals surface area contributed by atoms with Crippen LogP contribution in [-0.4, -0.2) is 6.04 Å². The molecule has 0 unspecified atom stereocenters.